The van der Waals surface area contributed by atoms with Crippen molar-refractivity contribution >= 4 is 17.7 Å². The molecule has 1 fully saturated rings. The number of likely N-dealkylation sites (tertiary alicyclic amines) is 1. The summed E-state index contributed by atoms with van der Waals surface area (Å²) in [6.07, 6.45) is 0.385. The number of hydrogen-bond donors (Lipinski definition) is 1. The predicted octanol–water partition coefficient (Wildman–Crippen LogP) is 2.21. The topological polar surface area (TPSA) is 60.9 Å². The number of para-hydroxylation sites is 1. The maximum atomic E-state index is 12.8. The van der Waals surface area contributed by atoms with Gasteiger partial charge in [-0.2, -0.15) is 0 Å². The first kappa shape index (κ1) is 13.9. The zero-order chi connectivity index (χ0) is 15.1. The molecule has 5 heteroatoms. The second-order valence-corrected chi connectivity index (χ2v) is 6.20. The van der Waals surface area contributed by atoms with Crippen molar-refractivity contribution < 1.29 is 14.7 Å². The van der Waals surface area contributed by atoms with Gasteiger partial charge in [-0.1, -0.05) is 32.0 Å². The van der Waals surface area contributed by atoms with Crippen molar-refractivity contribution in [2.45, 2.75) is 26.3 Å². The van der Waals surface area contributed by atoms with Crippen LogP contribution in [-0.4, -0.2) is 41.1 Å². The van der Waals surface area contributed by atoms with Crippen LogP contribution in [0.15, 0.2) is 24.3 Å². The van der Waals surface area contributed by atoms with E-state index < -0.39 is 12.0 Å². The Morgan fingerprint density at radius 2 is 1.76 bits per heavy atom. The average molecular weight is 288 g/mol. The number of urea groups is 1. The van der Waals surface area contributed by atoms with Gasteiger partial charge in [-0.05, 0) is 23.5 Å². The standard InChI is InChI=1S/C16H20N2O3/c1-10-8-17(9-11(10)2)16(21)18-13-6-4-3-5-12(13)7-14(18)15(19)20/h3-6,10-11,14H,7-9H2,1-2H3,(H,19,20)/t10?,11?,14-/m0/s1. The summed E-state index contributed by atoms with van der Waals surface area (Å²) >= 11 is 0. The van der Waals surface area contributed by atoms with Gasteiger partial charge in [0.1, 0.15) is 6.04 Å². The van der Waals surface area contributed by atoms with Crippen molar-refractivity contribution in [3.05, 3.63) is 29.8 Å². The number of benzene rings is 1. The van der Waals surface area contributed by atoms with Crippen LogP contribution >= 0.6 is 0 Å². The van der Waals surface area contributed by atoms with E-state index in [1.54, 1.807) is 4.90 Å². The Labute approximate surface area is 124 Å². The maximum Gasteiger partial charge on any atom is 0.327 e. The van der Waals surface area contributed by atoms with Crippen LogP contribution in [0.1, 0.15) is 19.4 Å². The summed E-state index contributed by atoms with van der Waals surface area (Å²) in [4.78, 5) is 27.6. The molecule has 2 aliphatic heterocycles. The van der Waals surface area contributed by atoms with Gasteiger partial charge >= 0.3 is 12.0 Å². The van der Waals surface area contributed by atoms with E-state index in [1.807, 2.05) is 24.3 Å². The van der Waals surface area contributed by atoms with Gasteiger partial charge in [-0.25, -0.2) is 9.59 Å². The van der Waals surface area contributed by atoms with Crippen molar-refractivity contribution in [1.29, 1.82) is 0 Å². The lowest BCUT2D eigenvalue weighted by molar-refractivity contribution is -0.138. The van der Waals surface area contributed by atoms with Crippen LogP contribution in [0.25, 0.3) is 0 Å². The van der Waals surface area contributed by atoms with Gasteiger partial charge in [0.25, 0.3) is 0 Å². The number of anilines is 1. The number of hydrogen-bond acceptors (Lipinski definition) is 2. The first-order chi connectivity index (χ1) is 9.99. The number of aliphatic carboxylic acids is 1. The highest BCUT2D eigenvalue weighted by molar-refractivity contribution is 6.01. The minimum Gasteiger partial charge on any atom is -0.480 e. The Bertz CT molecular complexity index is 577. The zero-order valence-corrected chi connectivity index (χ0v) is 12.3. The number of rotatable bonds is 1. The van der Waals surface area contributed by atoms with E-state index in [2.05, 4.69) is 13.8 Å². The normalized spacial score (nSPS) is 27.8. The van der Waals surface area contributed by atoms with E-state index in [1.165, 1.54) is 4.90 Å². The van der Waals surface area contributed by atoms with E-state index in [0.717, 1.165) is 11.3 Å². The van der Waals surface area contributed by atoms with Gasteiger partial charge in [0.2, 0.25) is 0 Å². The molecule has 0 spiro atoms. The Kier molecular flexibility index (Phi) is 3.35. The van der Waals surface area contributed by atoms with Crippen LogP contribution < -0.4 is 4.90 Å². The SMILES string of the molecule is CC1CN(C(=O)N2c3ccccc3C[C@H]2C(=O)O)CC1C. The molecule has 2 amide bonds. The van der Waals surface area contributed by atoms with Gasteiger partial charge < -0.3 is 10.0 Å². The number of amides is 2. The smallest absolute Gasteiger partial charge is 0.327 e. The molecule has 21 heavy (non-hydrogen) atoms. The summed E-state index contributed by atoms with van der Waals surface area (Å²) in [6.45, 7) is 5.66. The number of nitrogens with zero attached hydrogens (tertiary/aromatic N) is 2. The van der Waals surface area contributed by atoms with E-state index in [4.69, 9.17) is 0 Å². The number of carboxylic acids is 1. The molecule has 3 rings (SSSR count). The second-order valence-electron chi connectivity index (χ2n) is 6.20. The predicted molar refractivity (Wildman–Crippen MR) is 79.3 cm³/mol. The van der Waals surface area contributed by atoms with Crippen LogP contribution in [0.4, 0.5) is 10.5 Å². The van der Waals surface area contributed by atoms with E-state index >= 15 is 0 Å². The van der Waals surface area contributed by atoms with E-state index in [0.29, 0.717) is 31.3 Å². The number of fused-ring (bicyclic) bond motifs is 1. The molecule has 1 N–H and O–H groups in total. The Morgan fingerprint density at radius 1 is 1.14 bits per heavy atom. The minimum absolute atomic E-state index is 0.177. The highest BCUT2D eigenvalue weighted by Gasteiger charge is 2.42. The Balaban J connectivity index is 1.91. The fourth-order valence-corrected chi connectivity index (χ4v) is 3.26. The first-order valence-corrected chi connectivity index (χ1v) is 7.38. The molecule has 1 saturated heterocycles. The lowest BCUT2D eigenvalue weighted by Crippen LogP contribution is -2.49. The Morgan fingerprint density at radius 3 is 2.38 bits per heavy atom. The third-order valence-corrected chi connectivity index (χ3v) is 4.73. The number of carboxylic acid groups (broad SMARTS) is 1. The lowest BCUT2D eigenvalue weighted by Gasteiger charge is -2.28. The van der Waals surface area contributed by atoms with Crippen molar-refractivity contribution in [3.8, 4) is 0 Å². The first-order valence-electron chi connectivity index (χ1n) is 7.38. The van der Waals surface area contributed by atoms with Crippen molar-refractivity contribution in [3.63, 3.8) is 0 Å². The quantitative estimate of drug-likeness (QED) is 0.862. The molecule has 3 atom stereocenters. The zero-order valence-electron chi connectivity index (χ0n) is 12.3. The van der Waals surface area contributed by atoms with Crippen molar-refractivity contribution in [1.82, 2.24) is 4.90 Å². The maximum absolute atomic E-state index is 12.8. The van der Waals surface area contributed by atoms with Crippen LogP contribution in [0.3, 0.4) is 0 Å². The summed E-state index contributed by atoms with van der Waals surface area (Å²) in [7, 11) is 0. The molecule has 0 saturated carbocycles. The van der Waals surface area contributed by atoms with Crippen molar-refractivity contribution in [2.24, 2.45) is 11.8 Å². The summed E-state index contributed by atoms with van der Waals surface area (Å²) in [6, 6.07) is 6.49. The highest BCUT2D eigenvalue weighted by Crippen LogP contribution is 2.34. The molecular weight excluding hydrogens is 268 g/mol. The molecule has 0 radical (unpaired) electrons. The average Bonchev–Trinajstić information content (AvgIpc) is 2.99. The molecule has 2 heterocycles. The molecule has 1 aromatic rings. The van der Waals surface area contributed by atoms with Gasteiger partial charge in [0.05, 0.1) is 0 Å². The molecule has 0 bridgehead atoms. The molecule has 5 nitrogen and oxygen atoms in total. The van der Waals surface area contributed by atoms with Gasteiger partial charge in [-0.15, -0.1) is 0 Å². The van der Waals surface area contributed by atoms with Crippen LogP contribution in [0.5, 0.6) is 0 Å². The molecule has 1 aromatic carbocycles. The van der Waals surface area contributed by atoms with Crippen LogP contribution in [0, 0.1) is 11.8 Å². The fourth-order valence-electron chi connectivity index (χ4n) is 3.26. The Hall–Kier alpha value is -2.04. The van der Waals surface area contributed by atoms with E-state index in [-0.39, 0.29) is 6.03 Å². The molecular formula is C16H20N2O3. The molecule has 2 unspecified atom stereocenters. The van der Waals surface area contributed by atoms with Crippen LogP contribution in [-0.2, 0) is 11.2 Å². The van der Waals surface area contributed by atoms with Gasteiger partial charge in [-0.3, -0.25) is 4.90 Å². The third-order valence-electron chi connectivity index (χ3n) is 4.73. The summed E-state index contributed by atoms with van der Waals surface area (Å²) < 4.78 is 0. The monoisotopic (exact) mass is 288 g/mol. The van der Waals surface area contributed by atoms with Crippen LogP contribution in [0.2, 0.25) is 0 Å². The van der Waals surface area contributed by atoms with Crippen molar-refractivity contribution in [2.75, 3.05) is 18.0 Å². The largest absolute Gasteiger partial charge is 0.480 e. The third kappa shape index (κ3) is 2.26. The lowest BCUT2D eigenvalue weighted by atomic mass is 10.0. The summed E-state index contributed by atoms with van der Waals surface area (Å²) in [5, 5.41) is 9.44. The van der Waals surface area contributed by atoms with Gasteiger partial charge in [0, 0.05) is 25.2 Å². The minimum atomic E-state index is -0.945. The molecule has 0 aromatic heterocycles. The molecule has 0 aliphatic carbocycles. The van der Waals surface area contributed by atoms with E-state index in [9.17, 15) is 14.7 Å². The van der Waals surface area contributed by atoms with Gasteiger partial charge in [0.15, 0.2) is 0 Å². The number of carbonyl (C=O) groups excluding carboxylic acids is 1. The molecule has 112 valence electrons. The number of carbonyl (C=O) groups is 2. The summed E-state index contributed by atoms with van der Waals surface area (Å²) in [5.41, 5.74) is 1.67. The summed E-state index contributed by atoms with van der Waals surface area (Å²) in [5.74, 6) is -0.0370. The second kappa shape index (κ2) is 5.06. The molecule has 2 aliphatic rings. The fraction of sp³-hybridized carbons (Fsp3) is 0.500. The highest BCUT2D eigenvalue weighted by atomic mass is 16.4.